The molecule has 2 nitrogen and oxygen atoms in total. The van der Waals surface area contributed by atoms with E-state index >= 15 is 0 Å². The van der Waals surface area contributed by atoms with Gasteiger partial charge in [-0.2, -0.15) is 0 Å². The third-order valence-corrected chi connectivity index (χ3v) is 12.2. The van der Waals surface area contributed by atoms with Gasteiger partial charge < -0.3 is 0 Å². The predicted octanol–water partition coefficient (Wildman–Crippen LogP) is 8.36. The van der Waals surface area contributed by atoms with Crippen molar-refractivity contribution in [1.29, 1.82) is 0 Å². The number of hydrogen-bond acceptors (Lipinski definition) is 2. The Hall–Kier alpha value is -2.49. The normalized spacial score (nSPS) is 12.4. The Bertz CT molecular complexity index is 1110. The van der Waals surface area contributed by atoms with Crippen LogP contribution in [0.5, 0.6) is 0 Å². The zero-order valence-corrected chi connectivity index (χ0v) is 24.3. The summed E-state index contributed by atoms with van der Waals surface area (Å²) >= 11 is -3.44. The summed E-state index contributed by atoms with van der Waals surface area (Å²) in [6, 6.07) is 42.9. The van der Waals surface area contributed by atoms with E-state index in [-0.39, 0.29) is 10.8 Å². The van der Waals surface area contributed by atoms with Gasteiger partial charge in [0.05, 0.1) is 0 Å². The van der Waals surface area contributed by atoms with Crippen molar-refractivity contribution in [2.75, 3.05) is 13.2 Å². The minimum absolute atomic E-state index is 0.122. The van der Waals surface area contributed by atoms with Crippen LogP contribution in [-0.2, 0) is 44.3 Å². The molecule has 0 saturated carbocycles. The molecule has 0 spiro atoms. The maximum atomic E-state index is 7.15. The topological polar surface area (TPSA) is 18.5 Å². The molecule has 0 atom stereocenters. The summed E-state index contributed by atoms with van der Waals surface area (Å²) in [7, 11) is 0. The van der Waals surface area contributed by atoms with Crippen molar-refractivity contribution < 1.29 is 24.0 Å². The van der Waals surface area contributed by atoms with Crippen molar-refractivity contribution >= 4 is 0 Å². The van der Waals surface area contributed by atoms with E-state index in [0.29, 0.717) is 13.2 Å². The molecule has 0 fully saturated rings. The monoisotopic (exact) mass is 528 g/mol. The average molecular weight is 529 g/mol. The molecule has 0 bridgehead atoms. The molecule has 0 unspecified atom stereocenters. The summed E-state index contributed by atoms with van der Waals surface area (Å²) in [5.41, 5.74) is 4.90. The van der Waals surface area contributed by atoms with Crippen LogP contribution in [-0.4, -0.2) is 13.2 Å². The standard InChI is InChI=1S/2C10H13O.2C7H7.Ti/c2*1-10(2,8-11)9-6-4-3-5-7-9;2*1-7-5-3-2-4-6-7;/h2*3-7H,8H2,1-2H3;2*2-6H,1H2;/q2*-1;;;+2. The summed E-state index contributed by atoms with van der Waals surface area (Å²) in [5.74, 6) is 0. The Morgan fingerprint density at radius 2 is 0.757 bits per heavy atom. The van der Waals surface area contributed by atoms with Crippen LogP contribution in [0.1, 0.15) is 49.9 Å². The molecule has 0 aliphatic heterocycles. The first-order chi connectivity index (χ1) is 17.8. The molecule has 0 radical (unpaired) electrons. The van der Waals surface area contributed by atoms with Crippen molar-refractivity contribution in [3.05, 3.63) is 144 Å². The average Bonchev–Trinajstić information content (AvgIpc) is 2.93. The molecule has 0 aliphatic rings. The van der Waals surface area contributed by atoms with Gasteiger partial charge in [-0.1, -0.05) is 0 Å². The minimum atomic E-state index is -3.44. The zero-order valence-electron chi connectivity index (χ0n) is 22.7. The number of rotatable bonds is 12. The van der Waals surface area contributed by atoms with Gasteiger partial charge in [0.2, 0.25) is 0 Å². The van der Waals surface area contributed by atoms with Gasteiger partial charge in [0.25, 0.3) is 0 Å². The molecule has 0 saturated heterocycles. The molecule has 4 aromatic rings. The summed E-state index contributed by atoms with van der Waals surface area (Å²) in [6.45, 7) is 10.3. The summed E-state index contributed by atoms with van der Waals surface area (Å²) in [4.78, 5) is 0. The van der Waals surface area contributed by atoms with E-state index in [1.54, 1.807) is 0 Å². The second-order valence-electron chi connectivity index (χ2n) is 11.3. The van der Waals surface area contributed by atoms with Crippen LogP contribution >= 0.6 is 0 Å². The summed E-state index contributed by atoms with van der Waals surface area (Å²) in [5, 5.41) is 0. The van der Waals surface area contributed by atoms with Crippen molar-refractivity contribution in [3.63, 3.8) is 0 Å². The Kier molecular flexibility index (Phi) is 9.21. The van der Waals surface area contributed by atoms with Gasteiger partial charge in [-0.25, -0.2) is 0 Å². The van der Waals surface area contributed by atoms with Crippen LogP contribution in [0.4, 0.5) is 0 Å². The van der Waals surface area contributed by atoms with Gasteiger partial charge >= 0.3 is 229 Å². The van der Waals surface area contributed by atoms with Gasteiger partial charge in [0.15, 0.2) is 0 Å². The number of hydrogen-bond donors (Lipinski definition) is 0. The second-order valence-corrected chi connectivity index (χ2v) is 16.2. The van der Waals surface area contributed by atoms with E-state index in [2.05, 4.69) is 149 Å². The van der Waals surface area contributed by atoms with E-state index in [4.69, 9.17) is 6.64 Å². The van der Waals surface area contributed by atoms with Crippen LogP contribution in [0.2, 0.25) is 0 Å². The summed E-state index contributed by atoms with van der Waals surface area (Å²) in [6.07, 6.45) is 0. The van der Waals surface area contributed by atoms with Crippen molar-refractivity contribution in [3.8, 4) is 0 Å². The molecule has 3 heteroatoms. The predicted molar refractivity (Wildman–Crippen MR) is 151 cm³/mol. The Morgan fingerprint density at radius 1 is 0.459 bits per heavy atom. The van der Waals surface area contributed by atoms with Crippen LogP contribution in [0.3, 0.4) is 0 Å². The third kappa shape index (κ3) is 7.75. The van der Waals surface area contributed by atoms with Gasteiger partial charge in [-0.15, -0.1) is 0 Å². The molecule has 0 aliphatic carbocycles. The molecule has 0 amide bonds. The van der Waals surface area contributed by atoms with Crippen LogP contribution < -0.4 is 0 Å². The van der Waals surface area contributed by atoms with Gasteiger partial charge in [-0.3, -0.25) is 0 Å². The quantitative estimate of drug-likeness (QED) is 0.172. The molecule has 37 heavy (non-hydrogen) atoms. The fraction of sp³-hybridized carbons (Fsp3) is 0.294. The fourth-order valence-electron chi connectivity index (χ4n) is 4.69. The van der Waals surface area contributed by atoms with Crippen molar-refractivity contribution in [1.82, 2.24) is 0 Å². The maximum absolute atomic E-state index is 7.15. The molecule has 0 aromatic heterocycles. The number of benzene rings is 4. The first-order valence-electron chi connectivity index (χ1n) is 13.2. The van der Waals surface area contributed by atoms with E-state index in [9.17, 15) is 0 Å². The van der Waals surface area contributed by atoms with E-state index in [0.717, 1.165) is 9.45 Å². The molecule has 0 heterocycles. The Labute approximate surface area is 228 Å². The zero-order chi connectivity index (χ0) is 26.2. The Morgan fingerprint density at radius 3 is 1.08 bits per heavy atom. The van der Waals surface area contributed by atoms with E-state index < -0.39 is 17.4 Å². The van der Waals surface area contributed by atoms with Gasteiger partial charge in [0.1, 0.15) is 0 Å². The van der Waals surface area contributed by atoms with E-state index in [1.165, 1.54) is 22.3 Å². The Balaban J connectivity index is 1.68. The third-order valence-electron chi connectivity index (χ3n) is 7.14. The van der Waals surface area contributed by atoms with Crippen LogP contribution in [0.15, 0.2) is 121 Å². The van der Waals surface area contributed by atoms with Crippen LogP contribution in [0.25, 0.3) is 0 Å². The molecule has 0 N–H and O–H groups in total. The van der Waals surface area contributed by atoms with Crippen molar-refractivity contribution in [2.45, 2.75) is 48.0 Å². The summed E-state index contributed by atoms with van der Waals surface area (Å²) < 4.78 is 16.0. The second kappa shape index (κ2) is 12.4. The van der Waals surface area contributed by atoms with Crippen LogP contribution in [0, 0.1) is 0 Å². The molecule has 4 rings (SSSR count). The van der Waals surface area contributed by atoms with Gasteiger partial charge in [-0.05, 0) is 0 Å². The first kappa shape index (κ1) is 27.5. The molecular formula is C34H40O2Ti. The first-order valence-corrected chi connectivity index (χ1v) is 16.7. The van der Waals surface area contributed by atoms with Crippen molar-refractivity contribution in [2.24, 2.45) is 0 Å². The molecular weight excluding hydrogens is 488 g/mol. The SMILES string of the molecule is CC(C)(C[O][Ti]([CH2]c1ccccc1)([CH2]c1ccccc1)[O]CC(C)(C)c1ccccc1)c1ccccc1. The molecule has 192 valence electrons. The fourth-order valence-corrected chi connectivity index (χ4v) is 10.3. The van der Waals surface area contributed by atoms with E-state index in [1.807, 2.05) is 0 Å². The van der Waals surface area contributed by atoms with Gasteiger partial charge in [0, 0.05) is 0 Å². The molecule has 4 aromatic carbocycles.